The number of ketones is 1. The lowest BCUT2D eigenvalue weighted by atomic mass is 10.1. The minimum Gasteiger partial charge on any atom is -0.377 e. The van der Waals surface area contributed by atoms with Gasteiger partial charge in [0.1, 0.15) is 6.61 Å². The third-order valence-corrected chi connectivity index (χ3v) is 1.26. The quantitative estimate of drug-likeness (QED) is 0.542. The van der Waals surface area contributed by atoms with E-state index in [4.69, 9.17) is 0 Å². The summed E-state index contributed by atoms with van der Waals surface area (Å²) in [5, 5.41) is 0. The molecule has 0 amide bonds. The molecule has 0 radical (unpaired) electrons. The summed E-state index contributed by atoms with van der Waals surface area (Å²) in [4.78, 5) is 10.8. The first-order chi connectivity index (χ1) is 4.70. The summed E-state index contributed by atoms with van der Waals surface area (Å²) in [6.07, 6.45) is 2.31. The normalized spacial score (nSPS) is 12.6. The lowest BCUT2D eigenvalue weighted by Gasteiger charge is -2.02. The Labute approximate surface area is 61.9 Å². The van der Waals surface area contributed by atoms with E-state index in [1.807, 2.05) is 6.92 Å². The molecule has 0 bridgehead atoms. The fourth-order valence-corrected chi connectivity index (χ4v) is 0.662. The van der Waals surface area contributed by atoms with Crippen LogP contribution in [0.25, 0.3) is 0 Å². The zero-order valence-corrected chi connectivity index (χ0v) is 6.59. The molecule has 0 rings (SSSR count). The zero-order chi connectivity index (χ0) is 7.98. The summed E-state index contributed by atoms with van der Waals surface area (Å²) >= 11 is 0. The van der Waals surface area contributed by atoms with E-state index in [1.165, 1.54) is 7.11 Å². The number of Topliss-reactive ketones (excluding diaryl/α,β-unsaturated/α-hetero) is 1. The molecule has 58 valence electrons. The number of allylic oxidation sites excluding steroid dienone is 1. The standard InChI is InChI=1S/C8H14O2/c1-4-7(2)5-8(9)6-10-3/h4,7H,1,5-6H2,2-3H3. The second-order valence-electron chi connectivity index (χ2n) is 2.39. The van der Waals surface area contributed by atoms with Crippen molar-refractivity contribution in [1.82, 2.24) is 0 Å². The van der Waals surface area contributed by atoms with Crippen LogP contribution in [0.4, 0.5) is 0 Å². The minimum absolute atomic E-state index is 0.134. The molecule has 0 fully saturated rings. The highest BCUT2D eigenvalue weighted by molar-refractivity contribution is 5.79. The van der Waals surface area contributed by atoms with Crippen molar-refractivity contribution in [3.05, 3.63) is 12.7 Å². The number of carbonyl (C=O) groups excluding carboxylic acids is 1. The molecule has 2 nitrogen and oxygen atoms in total. The van der Waals surface area contributed by atoms with Gasteiger partial charge in [-0.3, -0.25) is 4.79 Å². The first-order valence-electron chi connectivity index (χ1n) is 3.34. The van der Waals surface area contributed by atoms with Gasteiger partial charge in [0.05, 0.1) is 0 Å². The van der Waals surface area contributed by atoms with Gasteiger partial charge in [-0.1, -0.05) is 13.0 Å². The molecular weight excluding hydrogens is 128 g/mol. The molecule has 0 aliphatic heterocycles. The number of hydrogen-bond acceptors (Lipinski definition) is 2. The second-order valence-corrected chi connectivity index (χ2v) is 2.39. The van der Waals surface area contributed by atoms with Gasteiger partial charge in [-0.15, -0.1) is 6.58 Å². The Kier molecular flexibility index (Phi) is 4.85. The van der Waals surface area contributed by atoms with Gasteiger partial charge < -0.3 is 4.74 Å². The van der Waals surface area contributed by atoms with Crippen molar-refractivity contribution in [2.45, 2.75) is 13.3 Å². The van der Waals surface area contributed by atoms with Gasteiger partial charge in [-0.25, -0.2) is 0 Å². The predicted molar refractivity (Wildman–Crippen MR) is 40.9 cm³/mol. The number of rotatable bonds is 5. The van der Waals surface area contributed by atoms with E-state index in [0.29, 0.717) is 6.42 Å². The van der Waals surface area contributed by atoms with E-state index in [0.717, 1.165) is 0 Å². The van der Waals surface area contributed by atoms with E-state index in [9.17, 15) is 4.79 Å². The van der Waals surface area contributed by atoms with E-state index in [-0.39, 0.29) is 18.3 Å². The lowest BCUT2D eigenvalue weighted by molar-refractivity contribution is -0.123. The van der Waals surface area contributed by atoms with Crippen LogP contribution in [-0.2, 0) is 9.53 Å². The Balaban J connectivity index is 3.46. The maximum Gasteiger partial charge on any atom is 0.159 e. The van der Waals surface area contributed by atoms with Crippen LogP contribution in [-0.4, -0.2) is 19.5 Å². The zero-order valence-electron chi connectivity index (χ0n) is 6.59. The molecule has 2 heteroatoms. The smallest absolute Gasteiger partial charge is 0.159 e. The van der Waals surface area contributed by atoms with Gasteiger partial charge >= 0.3 is 0 Å². The van der Waals surface area contributed by atoms with Crippen LogP contribution in [0.3, 0.4) is 0 Å². The van der Waals surface area contributed by atoms with Crippen LogP contribution in [0.15, 0.2) is 12.7 Å². The maximum atomic E-state index is 10.8. The van der Waals surface area contributed by atoms with Crippen molar-refractivity contribution >= 4 is 5.78 Å². The Morgan fingerprint density at radius 3 is 2.80 bits per heavy atom. The molecule has 0 saturated heterocycles. The summed E-state index contributed by atoms with van der Waals surface area (Å²) in [5.41, 5.74) is 0. The Morgan fingerprint density at radius 1 is 1.80 bits per heavy atom. The highest BCUT2D eigenvalue weighted by Gasteiger charge is 2.04. The second kappa shape index (κ2) is 5.18. The van der Waals surface area contributed by atoms with Crippen LogP contribution < -0.4 is 0 Å². The van der Waals surface area contributed by atoms with Crippen molar-refractivity contribution < 1.29 is 9.53 Å². The van der Waals surface area contributed by atoms with Crippen LogP contribution in [0, 0.1) is 5.92 Å². The fourth-order valence-electron chi connectivity index (χ4n) is 0.662. The molecule has 10 heavy (non-hydrogen) atoms. The van der Waals surface area contributed by atoms with Crippen LogP contribution >= 0.6 is 0 Å². The van der Waals surface area contributed by atoms with Crippen molar-refractivity contribution in [2.24, 2.45) is 5.92 Å². The van der Waals surface area contributed by atoms with Crippen molar-refractivity contribution in [3.63, 3.8) is 0 Å². The van der Waals surface area contributed by atoms with Gasteiger partial charge in [0.15, 0.2) is 5.78 Å². The minimum atomic E-state index is 0.134. The number of methoxy groups -OCH3 is 1. The third kappa shape index (κ3) is 4.27. The summed E-state index contributed by atoms with van der Waals surface area (Å²) in [5.74, 6) is 0.401. The molecule has 0 aromatic heterocycles. The van der Waals surface area contributed by atoms with Crippen LogP contribution in [0.2, 0.25) is 0 Å². The van der Waals surface area contributed by atoms with Crippen LogP contribution in [0.5, 0.6) is 0 Å². The highest BCUT2D eigenvalue weighted by atomic mass is 16.5. The van der Waals surface area contributed by atoms with Crippen molar-refractivity contribution in [3.8, 4) is 0 Å². The average Bonchev–Trinajstić information content (AvgIpc) is 1.88. The Bertz CT molecular complexity index is 118. The highest BCUT2D eigenvalue weighted by Crippen LogP contribution is 2.02. The van der Waals surface area contributed by atoms with Crippen LogP contribution in [0.1, 0.15) is 13.3 Å². The molecule has 1 unspecified atom stereocenters. The first kappa shape index (κ1) is 9.37. The fraction of sp³-hybridized carbons (Fsp3) is 0.625. The molecule has 0 aromatic rings. The molecule has 0 N–H and O–H groups in total. The SMILES string of the molecule is C=CC(C)CC(=O)COC. The van der Waals surface area contributed by atoms with Gasteiger partial charge in [-0.2, -0.15) is 0 Å². The summed E-state index contributed by atoms with van der Waals surface area (Å²) in [7, 11) is 1.52. The van der Waals surface area contributed by atoms with Gasteiger partial charge in [0.2, 0.25) is 0 Å². The molecular formula is C8H14O2. The molecule has 0 heterocycles. The lowest BCUT2D eigenvalue weighted by Crippen LogP contribution is -2.09. The molecule has 0 saturated carbocycles. The van der Waals surface area contributed by atoms with E-state index in [2.05, 4.69) is 11.3 Å². The van der Waals surface area contributed by atoms with E-state index in [1.54, 1.807) is 6.08 Å². The van der Waals surface area contributed by atoms with E-state index < -0.39 is 0 Å². The van der Waals surface area contributed by atoms with Gasteiger partial charge in [0.25, 0.3) is 0 Å². The maximum absolute atomic E-state index is 10.8. The molecule has 0 aliphatic carbocycles. The molecule has 0 aliphatic rings. The number of hydrogen-bond donors (Lipinski definition) is 0. The van der Waals surface area contributed by atoms with Gasteiger partial charge in [-0.05, 0) is 5.92 Å². The number of ether oxygens (including phenoxy) is 1. The summed E-state index contributed by atoms with van der Waals surface area (Å²) in [6, 6.07) is 0. The largest absolute Gasteiger partial charge is 0.377 e. The predicted octanol–water partition coefficient (Wildman–Crippen LogP) is 1.41. The molecule has 0 aromatic carbocycles. The Hall–Kier alpha value is -0.630. The monoisotopic (exact) mass is 142 g/mol. The van der Waals surface area contributed by atoms with E-state index >= 15 is 0 Å². The third-order valence-electron chi connectivity index (χ3n) is 1.26. The Morgan fingerprint density at radius 2 is 2.40 bits per heavy atom. The summed E-state index contributed by atoms with van der Waals surface area (Å²) < 4.78 is 4.67. The summed E-state index contributed by atoms with van der Waals surface area (Å²) in [6.45, 7) is 5.76. The first-order valence-corrected chi connectivity index (χ1v) is 3.34. The molecule has 0 spiro atoms. The molecule has 1 atom stereocenters. The topological polar surface area (TPSA) is 26.3 Å². The number of carbonyl (C=O) groups is 1. The van der Waals surface area contributed by atoms with Crippen molar-refractivity contribution in [1.29, 1.82) is 0 Å². The van der Waals surface area contributed by atoms with Gasteiger partial charge in [0, 0.05) is 13.5 Å². The average molecular weight is 142 g/mol. The van der Waals surface area contributed by atoms with Crippen molar-refractivity contribution in [2.75, 3.05) is 13.7 Å².